The SMILES string of the molecule is CCCCCOCCNC(C)C. The molecule has 0 aromatic rings. The van der Waals surface area contributed by atoms with Gasteiger partial charge in [0.25, 0.3) is 0 Å². The summed E-state index contributed by atoms with van der Waals surface area (Å²) in [6.07, 6.45) is 3.77. The Morgan fingerprint density at radius 3 is 2.50 bits per heavy atom. The summed E-state index contributed by atoms with van der Waals surface area (Å²) in [7, 11) is 0. The minimum absolute atomic E-state index is 0.573. The van der Waals surface area contributed by atoms with E-state index in [9.17, 15) is 0 Å². The van der Waals surface area contributed by atoms with Gasteiger partial charge in [0, 0.05) is 19.2 Å². The second kappa shape index (κ2) is 9.01. The van der Waals surface area contributed by atoms with Crippen molar-refractivity contribution in [1.29, 1.82) is 0 Å². The van der Waals surface area contributed by atoms with Gasteiger partial charge in [-0.15, -0.1) is 0 Å². The maximum Gasteiger partial charge on any atom is 0.0590 e. The number of unbranched alkanes of at least 4 members (excludes halogenated alkanes) is 2. The van der Waals surface area contributed by atoms with E-state index in [1.807, 2.05) is 0 Å². The fraction of sp³-hybridized carbons (Fsp3) is 1.00. The fourth-order valence-electron chi connectivity index (χ4n) is 0.976. The van der Waals surface area contributed by atoms with Crippen LogP contribution in [0.3, 0.4) is 0 Å². The second-order valence-corrected chi connectivity index (χ2v) is 3.43. The van der Waals surface area contributed by atoms with Crippen LogP contribution in [-0.2, 0) is 4.74 Å². The highest BCUT2D eigenvalue weighted by atomic mass is 16.5. The predicted octanol–water partition coefficient (Wildman–Crippen LogP) is 2.19. The minimum Gasteiger partial charge on any atom is -0.380 e. The van der Waals surface area contributed by atoms with Crippen molar-refractivity contribution in [3.8, 4) is 0 Å². The first-order valence-electron chi connectivity index (χ1n) is 5.08. The highest BCUT2D eigenvalue weighted by Crippen LogP contribution is 1.93. The van der Waals surface area contributed by atoms with Crippen molar-refractivity contribution in [1.82, 2.24) is 5.32 Å². The van der Waals surface area contributed by atoms with E-state index in [2.05, 4.69) is 26.1 Å². The molecule has 12 heavy (non-hydrogen) atoms. The second-order valence-electron chi connectivity index (χ2n) is 3.43. The summed E-state index contributed by atoms with van der Waals surface area (Å²) < 4.78 is 5.42. The third kappa shape index (κ3) is 9.92. The Morgan fingerprint density at radius 1 is 1.17 bits per heavy atom. The summed E-state index contributed by atoms with van der Waals surface area (Å²) >= 11 is 0. The van der Waals surface area contributed by atoms with Gasteiger partial charge >= 0.3 is 0 Å². The van der Waals surface area contributed by atoms with E-state index in [1.165, 1.54) is 19.3 Å². The van der Waals surface area contributed by atoms with Gasteiger partial charge in [-0.1, -0.05) is 33.6 Å². The molecule has 0 fully saturated rings. The molecule has 0 atom stereocenters. The molecule has 2 nitrogen and oxygen atoms in total. The average molecular weight is 173 g/mol. The van der Waals surface area contributed by atoms with Crippen molar-refractivity contribution in [2.24, 2.45) is 0 Å². The van der Waals surface area contributed by atoms with Crippen molar-refractivity contribution in [3.05, 3.63) is 0 Å². The van der Waals surface area contributed by atoms with Crippen LogP contribution in [0.2, 0.25) is 0 Å². The van der Waals surface area contributed by atoms with E-state index in [0.29, 0.717) is 6.04 Å². The molecule has 0 aromatic carbocycles. The Bertz CT molecular complexity index is 83.9. The molecular formula is C10H23NO. The molecular weight excluding hydrogens is 150 g/mol. The quantitative estimate of drug-likeness (QED) is 0.568. The summed E-state index contributed by atoms with van der Waals surface area (Å²) in [6.45, 7) is 9.26. The molecule has 74 valence electrons. The molecule has 0 heterocycles. The van der Waals surface area contributed by atoms with Crippen molar-refractivity contribution < 1.29 is 4.74 Å². The van der Waals surface area contributed by atoms with Crippen molar-refractivity contribution in [2.75, 3.05) is 19.8 Å². The molecule has 0 saturated carbocycles. The Labute approximate surface area is 76.7 Å². The maximum absolute atomic E-state index is 5.42. The van der Waals surface area contributed by atoms with E-state index < -0.39 is 0 Å². The molecule has 0 aliphatic rings. The zero-order valence-corrected chi connectivity index (χ0v) is 8.73. The molecule has 0 bridgehead atoms. The van der Waals surface area contributed by atoms with Gasteiger partial charge in [-0.3, -0.25) is 0 Å². The lowest BCUT2D eigenvalue weighted by molar-refractivity contribution is 0.130. The summed E-state index contributed by atoms with van der Waals surface area (Å²) in [6, 6.07) is 0.573. The van der Waals surface area contributed by atoms with Crippen molar-refractivity contribution in [2.45, 2.75) is 46.1 Å². The standard InChI is InChI=1S/C10H23NO/c1-4-5-6-8-12-9-7-11-10(2)3/h10-11H,4-9H2,1-3H3. The molecule has 2 heteroatoms. The number of hydrogen-bond donors (Lipinski definition) is 1. The van der Waals surface area contributed by atoms with Crippen LogP contribution in [0.1, 0.15) is 40.0 Å². The van der Waals surface area contributed by atoms with Crippen LogP contribution in [0, 0.1) is 0 Å². The van der Waals surface area contributed by atoms with Crippen LogP contribution < -0.4 is 5.32 Å². The van der Waals surface area contributed by atoms with E-state index in [0.717, 1.165) is 19.8 Å². The first-order chi connectivity index (χ1) is 5.77. The third-order valence-electron chi connectivity index (χ3n) is 1.69. The zero-order valence-electron chi connectivity index (χ0n) is 8.73. The molecule has 0 amide bonds. The lowest BCUT2D eigenvalue weighted by atomic mass is 10.3. The number of rotatable bonds is 8. The first kappa shape index (κ1) is 11.9. The van der Waals surface area contributed by atoms with Crippen LogP contribution in [0.25, 0.3) is 0 Å². The molecule has 0 radical (unpaired) electrons. The summed E-state index contributed by atoms with van der Waals surface area (Å²) in [5.74, 6) is 0. The molecule has 0 aromatic heterocycles. The van der Waals surface area contributed by atoms with E-state index in [4.69, 9.17) is 4.74 Å². The molecule has 0 spiro atoms. The lowest BCUT2D eigenvalue weighted by Crippen LogP contribution is -2.26. The van der Waals surface area contributed by atoms with Gasteiger partial charge in [0.1, 0.15) is 0 Å². The van der Waals surface area contributed by atoms with Gasteiger partial charge < -0.3 is 10.1 Å². The fourth-order valence-corrected chi connectivity index (χ4v) is 0.976. The Hall–Kier alpha value is -0.0800. The van der Waals surface area contributed by atoms with Crippen LogP contribution >= 0.6 is 0 Å². The van der Waals surface area contributed by atoms with Crippen LogP contribution in [0.5, 0.6) is 0 Å². The van der Waals surface area contributed by atoms with Crippen LogP contribution in [0.15, 0.2) is 0 Å². The summed E-state index contributed by atoms with van der Waals surface area (Å²) in [5.41, 5.74) is 0. The largest absolute Gasteiger partial charge is 0.380 e. The molecule has 0 unspecified atom stereocenters. The number of nitrogens with one attached hydrogen (secondary N) is 1. The first-order valence-corrected chi connectivity index (χ1v) is 5.08. The molecule has 0 aliphatic carbocycles. The van der Waals surface area contributed by atoms with E-state index in [-0.39, 0.29) is 0 Å². The van der Waals surface area contributed by atoms with Crippen molar-refractivity contribution >= 4 is 0 Å². The van der Waals surface area contributed by atoms with Crippen molar-refractivity contribution in [3.63, 3.8) is 0 Å². The maximum atomic E-state index is 5.42. The van der Waals surface area contributed by atoms with Gasteiger partial charge in [-0.25, -0.2) is 0 Å². The number of hydrogen-bond acceptors (Lipinski definition) is 2. The molecule has 1 N–H and O–H groups in total. The third-order valence-corrected chi connectivity index (χ3v) is 1.69. The Kier molecular flexibility index (Phi) is 8.95. The van der Waals surface area contributed by atoms with Gasteiger partial charge in [-0.2, -0.15) is 0 Å². The number of ether oxygens (including phenoxy) is 1. The highest BCUT2D eigenvalue weighted by Gasteiger charge is 1.91. The van der Waals surface area contributed by atoms with E-state index >= 15 is 0 Å². The summed E-state index contributed by atoms with van der Waals surface area (Å²) in [5, 5.41) is 3.31. The zero-order chi connectivity index (χ0) is 9.23. The molecule has 0 saturated heterocycles. The Balaban J connectivity index is 2.82. The highest BCUT2D eigenvalue weighted by molar-refractivity contribution is 4.50. The molecule has 0 aliphatic heterocycles. The lowest BCUT2D eigenvalue weighted by Gasteiger charge is -2.07. The normalized spacial score (nSPS) is 11.0. The summed E-state index contributed by atoms with van der Waals surface area (Å²) in [4.78, 5) is 0. The average Bonchev–Trinajstić information content (AvgIpc) is 2.02. The smallest absolute Gasteiger partial charge is 0.0590 e. The van der Waals surface area contributed by atoms with Crippen LogP contribution in [0.4, 0.5) is 0 Å². The van der Waals surface area contributed by atoms with Gasteiger partial charge in [0.2, 0.25) is 0 Å². The van der Waals surface area contributed by atoms with E-state index in [1.54, 1.807) is 0 Å². The van der Waals surface area contributed by atoms with Gasteiger partial charge in [0.05, 0.1) is 6.61 Å². The minimum atomic E-state index is 0.573. The monoisotopic (exact) mass is 173 g/mol. The predicted molar refractivity (Wildman–Crippen MR) is 53.5 cm³/mol. The Morgan fingerprint density at radius 2 is 1.92 bits per heavy atom. The molecule has 0 rings (SSSR count). The topological polar surface area (TPSA) is 21.3 Å². The van der Waals surface area contributed by atoms with Gasteiger partial charge in [-0.05, 0) is 6.42 Å². The van der Waals surface area contributed by atoms with Gasteiger partial charge in [0.15, 0.2) is 0 Å². The van der Waals surface area contributed by atoms with Crippen LogP contribution in [-0.4, -0.2) is 25.8 Å².